The summed E-state index contributed by atoms with van der Waals surface area (Å²) in [5.74, 6) is 2.38. The maximum absolute atomic E-state index is 12.6. The molecule has 104 valence electrons. The van der Waals surface area contributed by atoms with Crippen LogP contribution in [0.1, 0.15) is 46.5 Å². The van der Waals surface area contributed by atoms with Gasteiger partial charge in [0.05, 0.1) is 0 Å². The Balaban J connectivity index is 1.98. The molecule has 3 nitrogen and oxygen atoms in total. The van der Waals surface area contributed by atoms with Crippen molar-refractivity contribution in [2.75, 3.05) is 13.1 Å². The third-order valence-electron chi connectivity index (χ3n) is 4.71. The maximum atomic E-state index is 12.6. The Labute approximate surface area is 111 Å². The summed E-state index contributed by atoms with van der Waals surface area (Å²) in [7, 11) is 0. The molecule has 0 radical (unpaired) electrons. The zero-order valence-electron chi connectivity index (χ0n) is 12.1. The van der Waals surface area contributed by atoms with Gasteiger partial charge in [0.25, 0.3) is 0 Å². The molecule has 1 aliphatic heterocycles. The van der Waals surface area contributed by atoms with Crippen LogP contribution < -0.4 is 5.73 Å². The van der Waals surface area contributed by atoms with E-state index in [9.17, 15) is 4.79 Å². The SMILES string of the molecule is CC1CC(C)CN(C(=O)C2CCC(N)CC2C)C1. The summed E-state index contributed by atoms with van der Waals surface area (Å²) in [6.07, 6.45) is 4.27. The first kappa shape index (κ1) is 13.9. The third-order valence-corrected chi connectivity index (χ3v) is 4.71. The molecule has 2 aliphatic rings. The van der Waals surface area contributed by atoms with E-state index in [0.29, 0.717) is 29.7 Å². The molecule has 0 spiro atoms. The molecule has 0 aromatic rings. The van der Waals surface area contributed by atoms with E-state index in [4.69, 9.17) is 5.73 Å². The average molecular weight is 252 g/mol. The van der Waals surface area contributed by atoms with Gasteiger partial charge in [0, 0.05) is 25.0 Å². The minimum atomic E-state index is 0.224. The molecule has 1 saturated heterocycles. The van der Waals surface area contributed by atoms with Crippen molar-refractivity contribution in [3.05, 3.63) is 0 Å². The monoisotopic (exact) mass is 252 g/mol. The molecule has 2 fully saturated rings. The van der Waals surface area contributed by atoms with Crippen molar-refractivity contribution in [1.29, 1.82) is 0 Å². The highest BCUT2D eigenvalue weighted by Gasteiger charge is 2.35. The Morgan fingerprint density at radius 3 is 2.22 bits per heavy atom. The molecule has 1 aliphatic carbocycles. The van der Waals surface area contributed by atoms with Crippen LogP contribution in [0.25, 0.3) is 0 Å². The molecular formula is C15H28N2O. The first-order valence-corrected chi connectivity index (χ1v) is 7.51. The van der Waals surface area contributed by atoms with Crippen LogP contribution in [-0.4, -0.2) is 29.9 Å². The van der Waals surface area contributed by atoms with E-state index >= 15 is 0 Å². The van der Waals surface area contributed by atoms with Crippen LogP contribution in [0.15, 0.2) is 0 Å². The predicted octanol–water partition coefficient (Wildman–Crippen LogP) is 2.25. The van der Waals surface area contributed by atoms with E-state index in [1.807, 2.05) is 0 Å². The third kappa shape index (κ3) is 3.05. The van der Waals surface area contributed by atoms with E-state index in [1.54, 1.807) is 0 Å². The van der Waals surface area contributed by atoms with Crippen LogP contribution in [0.3, 0.4) is 0 Å². The lowest BCUT2D eigenvalue weighted by Crippen LogP contribution is -2.48. The maximum Gasteiger partial charge on any atom is 0.225 e. The number of likely N-dealkylation sites (tertiary alicyclic amines) is 1. The molecule has 0 bridgehead atoms. The lowest BCUT2D eigenvalue weighted by Gasteiger charge is -2.40. The Morgan fingerprint density at radius 1 is 1.06 bits per heavy atom. The van der Waals surface area contributed by atoms with Gasteiger partial charge < -0.3 is 10.6 Å². The second-order valence-electron chi connectivity index (χ2n) is 6.85. The summed E-state index contributed by atoms with van der Waals surface area (Å²) in [4.78, 5) is 14.8. The Morgan fingerprint density at radius 2 is 1.67 bits per heavy atom. The van der Waals surface area contributed by atoms with Crippen LogP contribution in [0.4, 0.5) is 0 Å². The molecule has 1 saturated carbocycles. The van der Waals surface area contributed by atoms with Crippen LogP contribution in [0, 0.1) is 23.7 Å². The molecule has 5 unspecified atom stereocenters. The van der Waals surface area contributed by atoms with Gasteiger partial charge in [-0.2, -0.15) is 0 Å². The highest BCUT2D eigenvalue weighted by atomic mass is 16.2. The van der Waals surface area contributed by atoms with Crippen LogP contribution in [-0.2, 0) is 4.79 Å². The molecular weight excluding hydrogens is 224 g/mol. The van der Waals surface area contributed by atoms with Gasteiger partial charge in [-0.1, -0.05) is 20.8 Å². The second kappa shape index (κ2) is 5.60. The number of carbonyl (C=O) groups excluding carboxylic acids is 1. The lowest BCUT2D eigenvalue weighted by molar-refractivity contribution is -0.141. The zero-order valence-corrected chi connectivity index (χ0v) is 12.1. The largest absolute Gasteiger partial charge is 0.342 e. The van der Waals surface area contributed by atoms with Crippen molar-refractivity contribution in [3.8, 4) is 0 Å². The summed E-state index contributed by atoms with van der Waals surface area (Å²) in [5.41, 5.74) is 5.99. The van der Waals surface area contributed by atoms with Gasteiger partial charge in [-0.05, 0) is 43.4 Å². The first-order chi connectivity index (χ1) is 8.47. The number of hydrogen-bond acceptors (Lipinski definition) is 2. The number of nitrogens with zero attached hydrogens (tertiary/aromatic N) is 1. The number of piperidine rings is 1. The number of hydrogen-bond donors (Lipinski definition) is 1. The standard InChI is InChI=1S/C15H28N2O/c1-10-6-11(2)9-17(8-10)15(18)14-5-4-13(16)7-12(14)3/h10-14H,4-9,16H2,1-3H3. The Bertz CT molecular complexity index is 295. The van der Waals surface area contributed by atoms with Gasteiger partial charge in [0.2, 0.25) is 5.91 Å². The van der Waals surface area contributed by atoms with Crippen LogP contribution in [0.2, 0.25) is 0 Å². The van der Waals surface area contributed by atoms with E-state index in [1.165, 1.54) is 6.42 Å². The van der Waals surface area contributed by atoms with E-state index in [-0.39, 0.29) is 5.92 Å². The minimum absolute atomic E-state index is 0.224. The van der Waals surface area contributed by atoms with Crippen molar-refractivity contribution in [1.82, 2.24) is 4.90 Å². The highest BCUT2D eigenvalue weighted by Crippen LogP contribution is 2.32. The summed E-state index contributed by atoms with van der Waals surface area (Å²) < 4.78 is 0. The molecule has 0 aromatic carbocycles. The Kier molecular flexibility index (Phi) is 4.31. The topological polar surface area (TPSA) is 46.3 Å². The molecule has 2 N–H and O–H groups in total. The summed E-state index contributed by atoms with van der Waals surface area (Å²) in [6.45, 7) is 8.63. The number of nitrogens with two attached hydrogens (primary N) is 1. The molecule has 3 heteroatoms. The summed E-state index contributed by atoms with van der Waals surface area (Å²) in [6, 6.07) is 0.309. The van der Waals surface area contributed by atoms with Gasteiger partial charge in [0.1, 0.15) is 0 Å². The minimum Gasteiger partial charge on any atom is -0.342 e. The first-order valence-electron chi connectivity index (χ1n) is 7.51. The fraction of sp³-hybridized carbons (Fsp3) is 0.933. The smallest absolute Gasteiger partial charge is 0.225 e. The zero-order chi connectivity index (χ0) is 13.3. The van der Waals surface area contributed by atoms with Crippen LogP contribution >= 0.6 is 0 Å². The number of rotatable bonds is 1. The van der Waals surface area contributed by atoms with Crippen molar-refractivity contribution in [2.45, 2.75) is 52.5 Å². The molecule has 18 heavy (non-hydrogen) atoms. The van der Waals surface area contributed by atoms with Gasteiger partial charge in [-0.25, -0.2) is 0 Å². The lowest BCUT2D eigenvalue weighted by atomic mass is 9.77. The Hall–Kier alpha value is -0.570. The van der Waals surface area contributed by atoms with Crippen molar-refractivity contribution < 1.29 is 4.79 Å². The highest BCUT2D eigenvalue weighted by molar-refractivity contribution is 5.79. The van der Waals surface area contributed by atoms with Gasteiger partial charge in [-0.3, -0.25) is 4.79 Å². The second-order valence-corrected chi connectivity index (χ2v) is 6.85. The molecule has 1 heterocycles. The summed E-state index contributed by atoms with van der Waals surface area (Å²) >= 11 is 0. The van der Waals surface area contributed by atoms with Gasteiger partial charge in [0.15, 0.2) is 0 Å². The van der Waals surface area contributed by atoms with E-state index in [0.717, 1.165) is 32.4 Å². The predicted molar refractivity (Wildman–Crippen MR) is 74.0 cm³/mol. The fourth-order valence-electron chi connectivity index (χ4n) is 3.88. The average Bonchev–Trinajstić information content (AvgIpc) is 2.26. The fourth-order valence-corrected chi connectivity index (χ4v) is 3.88. The molecule has 2 rings (SSSR count). The van der Waals surface area contributed by atoms with Crippen molar-refractivity contribution in [2.24, 2.45) is 29.4 Å². The summed E-state index contributed by atoms with van der Waals surface area (Å²) in [5, 5.41) is 0. The van der Waals surface area contributed by atoms with E-state index < -0.39 is 0 Å². The van der Waals surface area contributed by atoms with Gasteiger partial charge >= 0.3 is 0 Å². The molecule has 1 amide bonds. The van der Waals surface area contributed by atoms with Crippen molar-refractivity contribution >= 4 is 5.91 Å². The van der Waals surface area contributed by atoms with Crippen molar-refractivity contribution in [3.63, 3.8) is 0 Å². The van der Waals surface area contributed by atoms with Crippen LogP contribution in [0.5, 0.6) is 0 Å². The number of carbonyl (C=O) groups is 1. The molecule has 0 aromatic heterocycles. The quantitative estimate of drug-likeness (QED) is 0.778. The molecule has 5 atom stereocenters. The van der Waals surface area contributed by atoms with E-state index in [2.05, 4.69) is 25.7 Å². The normalized spacial score (nSPS) is 41.8. The number of amides is 1. The van der Waals surface area contributed by atoms with Gasteiger partial charge in [-0.15, -0.1) is 0 Å².